The number of aryl methyl sites for hydroxylation is 2. The standard InChI is InChI=1S/C16H13Cl2N3OS/c1-9-3-4-10(2)12(5-9)14(22)8-23-16-20-19-15-13(18)6-11(17)7-21(15)16/h3-7H,8H2,1-2H3. The Kier molecular flexibility index (Phi) is 4.62. The maximum Gasteiger partial charge on any atom is 0.196 e. The number of nitrogens with zero attached hydrogens (tertiary/aromatic N) is 3. The fraction of sp³-hybridized carbons (Fsp3) is 0.188. The normalized spacial score (nSPS) is 11.1. The van der Waals surface area contributed by atoms with Gasteiger partial charge in [-0.25, -0.2) is 0 Å². The van der Waals surface area contributed by atoms with Crippen LogP contribution in [-0.2, 0) is 0 Å². The summed E-state index contributed by atoms with van der Waals surface area (Å²) in [4.78, 5) is 12.5. The Labute approximate surface area is 147 Å². The van der Waals surface area contributed by atoms with Crippen molar-refractivity contribution in [2.45, 2.75) is 19.0 Å². The molecule has 4 nitrogen and oxygen atoms in total. The van der Waals surface area contributed by atoms with E-state index in [4.69, 9.17) is 23.2 Å². The zero-order valence-corrected chi connectivity index (χ0v) is 14.8. The zero-order chi connectivity index (χ0) is 16.6. The minimum Gasteiger partial charge on any atom is -0.293 e. The number of rotatable bonds is 4. The Morgan fingerprint density at radius 2 is 2.00 bits per heavy atom. The van der Waals surface area contributed by atoms with E-state index in [1.807, 2.05) is 32.0 Å². The Bertz CT molecular complexity index is 908. The summed E-state index contributed by atoms with van der Waals surface area (Å²) in [6, 6.07) is 7.48. The van der Waals surface area contributed by atoms with Gasteiger partial charge in [-0.2, -0.15) is 0 Å². The monoisotopic (exact) mass is 365 g/mol. The van der Waals surface area contributed by atoms with Crippen LogP contribution in [0.4, 0.5) is 0 Å². The molecule has 0 saturated heterocycles. The maximum atomic E-state index is 12.5. The molecule has 2 heterocycles. The molecule has 2 aromatic heterocycles. The number of fused-ring (bicyclic) bond motifs is 1. The lowest BCUT2D eigenvalue weighted by molar-refractivity contribution is 0.102. The van der Waals surface area contributed by atoms with E-state index in [1.54, 1.807) is 16.7 Å². The first-order valence-corrected chi connectivity index (χ1v) is 8.63. The molecule has 0 aliphatic heterocycles. The highest BCUT2D eigenvalue weighted by atomic mass is 35.5. The van der Waals surface area contributed by atoms with Crippen LogP contribution in [0.1, 0.15) is 21.5 Å². The van der Waals surface area contributed by atoms with Crippen LogP contribution in [0, 0.1) is 13.8 Å². The molecule has 3 rings (SSSR count). The predicted molar refractivity (Wildman–Crippen MR) is 94.0 cm³/mol. The van der Waals surface area contributed by atoms with Gasteiger partial charge in [-0.1, -0.05) is 52.7 Å². The highest BCUT2D eigenvalue weighted by molar-refractivity contribution is 7.99. The molecule has 1 aromatic carbocycles. The lowest BCUT2D eigenvalue weighted by Gasteiger charge is -2.06. The summed E-state index contributed by atoms with van der Waals surface area (Å²) < 4.78 is 1.70. The SMILES string of the molecule is Cc1ccc(C)c(C(=O)CSc2nnc3c(Cl)cc(Cl)cn23)c1. The first-order chi connectivity index (χ1) is 11.0. The van der Waals surface area contributed by atoms with Gasteiger partial charge in [0.1, 0.15) is 0 Å². The quantitative estimate of drug-likeness (QED) is 0.499. The molecule has 0 bridgehead atoms. The van der Waals surface area contributed by atoms with Crippen molar-refractivity contribution in [2.24, 2.45) is 0 Å². The second-order valence-corrected chi connectivity index (χ2v) is 7.00. The van der Waals surface area contributed by atoms with Crippen LogP contribution in [0.25, 0.3) is 5.65 Å². The Balaban J connectivity index is 1.83. The maximum absolute atomic E-state index is 12.5. The number of pyridine rings is 1. The van der Waals surface area contributed by atoms with Gasteiger partial charge >= 0.3 is 0 Å². The van der Waals surface area contributed by atoms with Gasteiger partial charge < -0.3 is 0 Å². The number of benzene rings is 1. The number of carbonyl (C=O) groups is 1. The molecule has 0 fully saturated rings. The van der Waals surface area contributed by atoms with E-state index in [0.717, 1.165) is 16.7 Å². The average Bonchev–Trinajstić information content (AvgIpc) is 2.90. The van der Waals surface area contributed by atoms with Crippen LogP contribution in [0.5, 0.6) is 0 Å². The minimum absolute atomic E-state index is 0.0566. The number of hydrogen-bond acceptors (Lipinski definition) is 4. The molecule has 0 N–H and O–H groups in total. The number of Topliss-reactive ketones (excluding diaryl/α,β-unsaturated/α-hetero) is 1. The Morgan fingerprint density at radius 1 is 1.22 bits per heavy atom. The van der Waals surface area contributed by atoms with Crippen LogP contribution in [0.15, 0.2) is 35.6 Å². The van der Waals surface area contributed by atoms with E-state index in [2.05, 4.69) is 10.2 Å². The smallest absolute Gasteiger partial charge is 0.196 e. The van der Waals surface area contributed by atoms with Gasteiger partial charge in [0.05, 0.1) is 15.8 Å². The lowest BCUT2D eigenvalue weighted by atomic mass is 10.0. The molecule has 23 heavy (non-hydrogen) atoms. The Hall–Kier alpha value is -1.56. The lowest BCUT2D eigenvalue weighted by Crippen LogP contribution is -2.05. The van der Waals surface area contributed by atoms with Gasteiger partial charge in [0.15, 0.2) is 16.6 Å². The van der Waals surface area contributed by atoms with Crippen molar-refractivity contribution in [1.82, 2.24) is 14.6 Å². The summed E-state index contributed by atoms with van der Waals surface area (Å²) in [7, 11) is 0. The molecule has 0 spiro atoms. The third-order valence-corrected chi connectivity index (χ3v) is 4.85. The van der Waals surface area contributed by atoms with Crippen molar-refractivity contribution in [3.8, 4) is 0 Å². The number of aromatic nitrogens is 3. The predicted octanol–water partition coefficient (Wildman–Crippen LogP) is 4.63. The summed E-state index contributed by atoms with van der Waals surface area (Å²) in [6.07, 6.45) is 1.69. The number of hydrogen-bond donors (Lipinski definition) is 0. The fourth-order valence-electron chi connectivity index (χ4n) is 2.25. The Morgan fingerprint density at radius 3 is 2.78 bits per heavy atom. The van der Waals surface area contributed by atoms with E-state index in [0.29, 0.717) is 20.8 Å². The van der Waals surface area contributed by atoms with Crippen molar-refractivity contribution in [1.29, 1.82) is 0 Å². The topological polar surface area (TPSA) is 47.3 Å². The molecule has 0 saturated carbocycles. The van der Waals surface area contributed by atoms with Crippen LogP contribution >= 0.6 is 35.0 Å². The molecule has 3 aromatic rings. The second kappa shape index (κ2) is 6.51. The highest BCUT2D eigenvalue weighted by Gasteiger charge is 2.14. The first kappa shape index (κ1) is 16.3. The molecule has 0 aliphatic carbocycles. The average molecular weight is 366 g/mol. The van der Waals surface area contributed by atoms with Crippen LogP contribution in [-0.4, -0.2) is 26.1 Å². The highest BCUT2D eigenvalue weighted by Crippen LogP contribution is 2.26. The van der Waals surface area contributed by atoms with Crippen molar-refractivity contribution in [3.63, 3.8) is 0 Å². The van der Waals surface area contributed by atoms with E-state index in [9.17, 15) is 4.79 Å². The van der Waals surface area contributed by atoms with Crippen LogP contribution in [0.3, 0.4) is 0 Å². The minimum atomic E-state index is 0.0566. The largest absolute Gasteiger partial charge is 0.293 e. The number of carbonyl (C=O) groups excluding carboxylic acids is 1. The van der Waals surface area contributed by atoms with E-state index >= 15 is 0 Å². The summed E-state index contributed by atoms with van der Waals surface area (Å²) >= 11 is 13.4. The third-order valence-electron chi connectivity index (χ3n) is 3.42. The zero-order valence-electron chi connectivity index (χ0n) is 12.5. The number of thioether (sulfide) groups is 1. The summed E-state index contributed by atoms with van der Waals surface area (Å²) in [5.41, 5.74) is 3.30. The van der Waals surface area contributed by atoms with Crippen molar-refractivity contribution in [3.05, 3.63) is 57.2 Å². The van der Waals surface area contributed by atoms with Gasteiger partial charge in [-0.15, -0.1) is 10.2 Å². The third kappa shape index (κ3) is 3.37. The van der Waals surface area contributed by atoms with Crippen LogP contribution < -0.4 is 0 Å². The molecule has 118 valence electrons. The van der Waals surface area contributed by atoms with Gasteiger partial charge in [0, 0.05) is 11.8 Å². The summed E-state index contributed by atoms with van der Waals surface area (Å²) in [5, 5.41) is 9.62. The fourth-order valence-corrected chi connectivity index (χ4v) is 3.55. The van der Waals surface area contributed by atoms with Gasteiger partial charge in [0.25, 0.3) is 0 Å². The molecule has 0 radical (unpaired) electrons. The molecule has 0 unspecified atom stereocenters. The summed E-state index contributed by atoms with van der Waals surface area (Å²) in [6.45, 7) is 3.91. The second-order valence-electron chi connectivity index (χ2n) is 5.21. The van der Waals surface area contributed by atoms with Crippen molar-refractivity contribution < 1.29 is 4.79 Å². The van der Waals surface area contributed by atoms with Gasteiger partial charge in [-0.3, -0.25) is 9.20 Å². The van der Waals surface area contributed by atoms with Gasteiger partial charge in [-0.05, 0) is 31.5 Å². The van der Waals surface area contributed by atoms with Crippen molar-refractivity contribution in [2.75, 3.05) is 5.75 Å². The number of halogens is 2. The molecular formula is C16H13Cl2N3OS. The van der Waals surface area contributed by atoms with E-state index in [1.165, 1.54) is 11.8 Å². The van der Waals surface area contributed by atoms with Gasteiger partial charge in [0.2, 0.25) is 0 Å². The summed E-state index contributed by atoms with van der Waals surface area (Å²) in [5.74, 6) is 0.330. The molecular weight excluding hydrogens is 353 g/mol. The molecule has 0 atom stereocenters. The molecule has 7 heteroatoms. The first-order valence-electron chi connectivity index (χ1n) is 6.89. The molecule has 0 amide bonds. The van der Waals surface area contributed by atoms with E-state index in [-0.39, 0.29) is 11.5 Å². The molecule has 0 aliphatic rings. The van der Waals surface area contributed by atoms with Crippen molar-refractivity contribution >= 4 is 46.4 Å². The van der Waals surface area contributed by atoms with E-state index < -0.39 is 0 Å². The van der Waals surface area contributed by atoms with Crippen LogP contribution in [0.2, 0.25) is 10.0 Å². The number of ketones is 1.